The van der Waals surface area contributed by atoms with Gasteiger partial charge in [0.15, 0.2) is 0 Å². The number of fused-ring (bicyclic) bond motifs is 2. The van der Waals surface area contributed by atoms with Crippen molar-refractivity contribution in [1.29, 1.82) is 0 Å². The van der Waals surface area contributed by atoms with E-state index in [-0.39, 0.29) is 12.1 Å². The lowest BCUT2D eigenvalue weighted by Gasteiger charge is -2.30. The van der Waals surface area contributed by atoms with Crippen molar-refractivity contribution in [3.05, 3.63) is 12.7 Å². The summed E-state index contributed by atoms with van der Waals surface area (Å²) in [4.78, 5) is 12.8. The van der Waals surface area contributed by atoms with Crippen LogP contribution in [0.5, 0.6) is 0 Å². The molecule has 3 unspecified atom stereocenters. The molecular formula is C9H13NO3. The summed E-state index contributed by atoms with van der Waals surface area (Å²) in [6.45, 7) is 4.95. The molecule has 13 heavy (non-hydrogen) atoms. The Bertz CT molecular complexity index is 241. The van der Waals surface area contributed by atoms with E-state index in [9.17, 15) is 4.79 Å². The second kappa shape index (κ2) is 3.12. The van der Waals surface area contributed by atoms with Gasteiger partial charge < -0.3 is 9.84 Å². The van der Waals surface area contributed by atoms with Gasteiger partial charge in [-0.25, -0.2) is 0 Å². The lowest BCUT2D eigenvalue weighted by Crippen LogP contribution is -2.47. The summed E-state index contributed by atoms with van der Waals surface area (Å²) in [5, 5.41) is 8.91. The lowest BCUT2D eigenvalue weighted by atomic mass is 10.2. The SMILES string of the molecule is C=CC(C(=O)O)N1CC2CC1CO2. The number of morpholine rings is 1. The van der Waals surface area contributed by atoms with Crippen molar-refractivity contribution in [2.45, 2.75) is 24.6 Å². The molecule has 0 aromatic rings. The quantitative estimate of drug-likeness (QED) is 0.630. The minimum absolute atomic E-state index is 0.242. The van der Waals surface area contributed by atoms with Gasteiger partial charge in [0.25, 0.3) is 0 Å². The number of aliphatic carboxylic acids is 1. The van der Waals surface area contributed by atoms with Gasteiger partial charge in [0.05, 0.1) is 12.7 Å². The Morgan fingerprint density at radius 3 is 2.92 bits per heavy atom. The zero-order valence-electron chi connectivity index (χ0n) is 7.35. The Morgan fingerprint density at radius 2 is 2.54 bits per heavy atom. The molecule has 0 amide bonds. The third kappa shape index (κ3) is 1.36. The average molecular weight is 183 g/mol. The van der Waals surface area contributed by atoms with Gasteiger partial charge in [-0.2, -0.15) is 0 Å². The maximum absolute atomic E-state index is 10.8. The van der Waals surface area contributed by atoms with Crippen LogP contribution in [-0.2, 0) is 9.53 Å². The summed E-state index contributed by atoms with van der Waals surface area (Å²) in [5.41, 5.74) is 0. The monoisotopic (exact) mass is 183 g/mol. The van der Waals surface area contributed by atoms with E-state index in [4.69, 9.17) is 9.84 Å². The second-order valence-corrected chi connectivity index (χ2v) is 3.56. The molecule has 0 aliphatic carbocycles. The van der Waals surface area contributed by atoms with Crippen LogP contribution >= 0.6 is 0 Å². The van der Waals surface area contributed by atoms with Crippen molar-refractivity contribution in [1.82, 2.24) is 4.90 Å². The molecule has 4 heteroatoms. The number of likely N-dealkylation sites (tertiary alicyclic amines) is 1. The standard InChI is InChI=1S/C9H13NO3/c1-2-8(9(11)12)10-4-7-3-6(10)5-13-7/h2,6-8H,1,3-5H2,(H,11,12). The summed E-state index contributed by atoms with van der Waals surface area (Å²) in [6.07, 6.45) is 2.70. The van der Waals surface area contributed by atoms with Gasteiger partial charge in [-0.05, 0) is 6.42 Å². The van der Waals surface area contributed by atoms with Gasteiger partial charge in [0.2, 0.25) is 0 Å². The molecule has 2 bridgehead atoms. The van der Waals surface area contributed by atoms with E-state index in [1.165, 1.54) is 6.08 Å². The molecule has 2 aliphatic heterocycles. The topological polar surface area (TPSA) is 49.8 Å². The number of ether oxygens (including phenoxy) is 1. The summed E-state index contributed by atoms with van der Waals surface area (Å²) < 4.78 is 5.39. The van der Waals surface area contributed by atoms with Crippen LogP contribution in [0.25, 0.3) is 0 Å². The Labute approximate surface area is 76.8 Å². The molecule has 0 radical (unpaired) electrons. The highest BCUT2D eigenvalue weighted by atomic mass is 16.5. The van der Waals surface area contributed by atoms with Crippen LogP contribution in [0.3, 0.4) is 0 Å². The van der Waals surface area contributed by atoms with Gasteiger partial charge in [-0.1, -0.05) is 6.08 Å². The number of carboxylic acids is 1. The Kier molecular flexibility index (Phi) is 2.09. The first-order valence-corrected chi connectivity index (χ1v) is 4.45. The zero-order chi connectivity index (χ0) is 9.42. The molecule has 72 valence electrons. The number of carbonyl (C=O) groups is 1. The normalized spacial score (nSPS) is 34.8. The zero-order valence-corrected chi connectivity index (χ0v) is 7.35. The van der Waals surface area contributed by atoms with Crippen LogP contribution in [0.4, 0.5) is 0 Å². The van der Waals surface area contributed by atoms with Gasteiger partial charge in [-0.3, -0.25) is 9.69 Å². The van der Waals surface area contributed by atoms with Gasteiger partial charge in [-0.15, -0.1) is 6.58 Å². The first-order chi connectivity index (χ1) is 6.22. The predicted molar refractivity (Wildman–Crippen MR) is 46.5 cm³/mol. The van der Waals surface area contributed by atoms with E-state index in [1.54, 1.807) is 0 Å². The fraction of sp³-hybridized carbons (Fsp3) is 0.667. The Hall–Kier alpha value is -0.870. The van der Waals surface area contributed by atoms with Crippen LogP contribution in [-0.4, -0.2) is 47.3 Å². The number of hydrogen-bond acceptors (Lipinski definition) is 3. The minimum atomic E-state index is -0.817. The number of rotatable bonds is 3. The molecule has 3 atom stereocenters. The van der Waals surface area contributed by atoms with Crippen molar-refractivity contribution in [2.75, 3.05) is 13.2 Å². The van der Waals surface area contributed by atoms with Crippen LogP contribution in [0.2, 0.25) is 0 Å². The molecule has 1 N–H and O–H groups in total. The summed E-state index contributed by atoms with van der Waals surface area (Å²) in [7, 11) is 0. The molecule has 2 aliphatic rings. The fourth-order valence-corrected chi connectivity index (χ4v) is 2.15. The molecule has 0 saturated carbocycles. The van der Waals surface area contributed by atoms with Crippen LogP contribution in [0, 0.1) is 0 Å². The number of hydrogen-bond donors (Lipinski definition) is 1. The second-order valence-electron chi connectivity index (χ2n) is 3.56. The molecule has 0 aromatic heterocycles. The van der Waals surface area contributed by atoms with Crippen molar-refractivity contribution in [3.8, 4) is 0 Å². The van der Waals surface area contributed by atoms with E-state index in [1.807, 2.05) is 4.90 Å². The molecular weight excluding hydrogens is 170 g/mol. The highest BCUT2D eigenvalue weighted by Gasteiger charge is 2.43. The van der Waals surface area contributed by atoms with E-state index in [0.29, 0.717) is 6.61 Å². The smallest absolute Gasteiger partial charge is 0.324 e. The van der Waals surface area contributed by atoms with Crippen molar-refractivity contribution >= 4 is 5.97 Å². The minimum Gasteiger partial charge on any atom is -0.480 e. The number of carboxylic acid groups (broad SMARTS) is 1. The Morgan fingerprint density at radius 1 is 1.77 bits per heavy atom. The first kappa shape index (κ1) is 8.72. The molecule has 2 fully saturated rings. The maximum atomic E-state index is 10.8. The molecule has 0 aromatic carbocycles. The van der Waals surface area contributed by atoms with Crippen LogP contribution < -0.4 is 0 Å². The largest absolute Gasteiger partial charge is 0.480 e. The number of nitrogens with zero attached hydrogens (tertiary/aromatic N) is 1. The molecule has 2 saturated heterocycles. The average Bonchev–Trinajstić information content (AvgIpc) is 2.65. The Balaban J connectivity index is 2.08. The highest BCUT2D eigenvalue weighted by molar-refractivity contribution is 5.75. The molecule has 2 rings (SSSR count). The maximum Gasteiger partial charge on any atom is 0.324 e. The third-order valence-electron chi connectivity index (χ3n) is 2.78. The molecule has 0 spiro atoms. The van der Waals surface area contributed by atoms with Crippen molar-refractivity contribution in [3.63, 3.8) is 0 Å². The van der Waals surface area contributed by atoms with E-state index in [2.05, 4.69) is 6.58 Å². The van der Waals surface area contributed by atoms with Gasteiger partial charge >= 0.3 is 5.97 Å². The lowest BCUT2D eigenvalue weighted by molar-refractivity contribution is -0.143. The first-order valence-electron chi connectivity index (χ1n) is 4.45. The summed E-state index contributed by atoms with van der Waals surface area (Å²) in [5.74, 6) is -0.817. The van der Waals surface area contributed by atoms with Crippen LogP contribution in [0.15, 0.2) is 12.7 Å². The molecule has 4 nitrogen and oxygen atoms in total. The highest BCUT2D eigenvalue weighted by Crippen LogP contribution is 2.29. The van der Waals surface area contributed by atoms with E-state index >= 15 is 0 Å². The fourth-order valence-electron chi connectivity index (χ4n) is 2.15. The predicted octanol–water partition coefficient (Wildman–Crippen LogP) is 0.0987. The third-order valence-corrected chi connectivity index (χ3v) is 2.78. The van der Waals surface area contributed by atoms with Crippen LogP contribution in [0.1, 0.15) is 6.42 Å². The van der Waals surface area contributed by atoms with Gasteiger partial charge in [0.1, 0.15) is 6.04 Å². The molecule has 2 heterocycles. The van der Waals surface area contributed by atoms with E-state index in [0.717, 1.165) is 13.0 Å². The van der Waals surface area contributed by atoms with E-state index < -0.39 is 12.0 Å². The van der Waals surface area contributed by atoms with Gasteiger partial charge in [0, 0.05) is 12.6 Å². The van der Waals surface area contributed by atoms with Crippen molar-refractivity contribution < 1.29 is 14.6 Å². The summed E-state index contributed by atoms with van der Waals surface area (Å²) >= 11 is 0. The summed E-state index contributed by atoms with van der Waals surface area (Å²) in [6, 6.07) is -0.261. The van der Waals surface area contributed by atoms with Crippen molar-refractivity contribution in [2.24, 2.45) is 0 Å².